The Hall–Kier alpha value is -1.65. The highest BCUT2D eigenvalue weighted by Crippen LogP contribution is 2.28. The Morgan fingerprint density at radius 1 is 1.05 bits per heavy atom. The molecule has 1 fully saturated rings. The van der Waals surface area contributed by atoms with E-state index in [0.29, 0.717) is 6.04 Å². The van der Waals surface area contributed by atoms with Crippen LogP contribution in [0.5, 0.6) is 0 Å². The third kappa shape index (κ3) is 2.61. The van der Waals surface area contributed by atoms with Gasteiger partial charge in [-0.1, -0.05) is 18.6 Å². The molecular weight excluding hydrogens is 286 g/mol. The van der Waals surface area contributed by atoms with E-state index in [1.54, 1.807) is 6.33 Å². The molecule has 0 spiro atoms. The monoisotopic (exact) mass is 303 g/mol. The molecule has 1 aliphatic rings. The van der Waals surface area contributed by atoms with Gasteiger partial charge in [-0.15, -0.1) is 0 Å². The first-order valence-electron chi connectivity index (χ1n) is 7.39. The second-order valence-electron chi connectivity index (χ2n) is 5.60. The van der Waals surface area contributed by atoms with Crippen molar-refractivity contribution < 1.29 is 22.1 Å². The van der Waals surface area contributed by atoms with Crippen LogP contribution in [0, 0.1) is 0 Å². The summed E-state index contributed by atoms with van der Waals surface area (Å²) in [5.74, 6) is 0.957. The molecule has 110 valence electrons. The van der Waals surface area contributed by atoms with E-state index in [2.05, 4.69) is 21.4 Å². The van der Waals surface area contributed by atoms with Gasteiger partial charge in [0.2, 0.25) is 5.58 Å². The van der Waals surface area contributed by atoms with E-state index in [9.17, 15) is 0 Å². The molecule has 0 bridgehead atoms. The zero-order chi connectivity index (χ0) is 13.4. The van der Waals surface area contributed by atoms with Crippen molar-refractivity contribution >= 4 is 27.9 Å². The molecule has 0 unspecified atom stereocenters. The summed E-state index contributed by atoms with van der Waals surface area (Å²) in [6.07, 6.45) is 8.22. The van der Waals surface area contributed by atoms with Gasteiger partial charge >= 0.3 is 0 Å². The fraction of sp³-hybridized carbons (Fsp3) is 0.375. The van der Waals surface area contributed by atoms with Crippen LogP contribution in [-0.4, -0.2) is 16.0 Å². The number of aromatic nitrogens is 2. The number of halogens is 1. The van der Waals surface area contributed by atoms with Gasteiger partial charge < -0.3 is 16.8 Å². The van der Waals surface area contributed by atoms with Crippen molar-refractivity contribution in [1.29, 1.82) is 0 Å². The van der Waals surface area contributed by atoms with Gasteiger partial charge in [-0.05, 0) is 37.8 Å². The Labute approximate surface area is 129 Å². The maximum Gasteiger partial charge on any atom is 0.271 e. The number of hydrogen-bond donors (Lipinski definition) is 1. The summed E-state index contributed by atoms with van der Waals surface area (Å²) in [6.45, 7) is 0. The van der Waals surface area contributed by atoms with Crippen LogP contribution in [-0.2, 0) is 0 Å². The second-order valence-corrected chi connectivity index (χ2v) is 5.60. The molecule has 1 saturated carbocycles. The third-order valence-electron chi connectivity index (χ3n) is 4.23. The van der Waals surface area contributed by atoms with Gasteiger partial charge in [0.1, 0.15) is 17.4 Å². The van der Waals surface area contributed by atoms with Gasteiger partial charge in [-0.3, -0.25) is 5.32 Å². The molecule has 2 heterocycles. The van der Waals surface area contributed by atoms with Crippen molar-refractivity contribution in [2.24, 2.45) is 0 Å². The van der Waals surface area contributed by atoms with Crippen LogP contribution >= 0.6 is 0 Å². The normalized spacial score (nSPS) is 16.2. The summed E-state index contributed by atoms with van der Waals surface area (Å²) in [4.78, 5) is 8.83. The smallest absolute Gasteiger partial charge is 0.271 e. The number of nitrogens with two attached hydrogens (primary N) is 1. The predicted molar refractivity (Wildman–Crippen MR) is 77.8 cm³/mol. The van der Waals surface area contributed by atoms with Crippen molar-refractivity contribution in [2.45, 2.75) is 38.1 Å². The SMILES string of the molecule is [Cl-].c1ccc2c(c1)oc1c([NH2+]C3CCCCC3)ncnc12. The van der Waals surface area contributed by atoms with Gasteiger partial charge in [-0.2, -0.15) is 4.98 Å². The molecule has 0 atom stereocenters. The Bertz CT molecular complexity index is 749. The lowest BCUT2D eigenvalue weighted by Gasteiger charge is -2.18. The fourth-order valence-corrected chi connectivity index (χ4v) is 3.18. The van der Waals surface area contributed by atoms with Crippen LogP contribution in [0.25, 0.3) is 22.1 Å². The molecule has 3 aromatic rings. The van der Waals surface area contributed by atoms with E-state index in [-0.39, 0.29) is 12.4 Å². The molecule has 2 N–H and O–H groups in total. The molecular formula is C16H18ClN3O. The van der Waals surface area contributed by atoms with Crippen molar-refractivity contribution in [2.75, 3.05) is 0 Å². The summed E-state index contributed by atoms with van der Waals surface area (Å²) in [5.41, 5.74) is 2.65. The molecule has 21 heavy (non-hydrogen) atoms. The van der Waals surface area contributed by atoms with Crippen LogP contribution in [0.2, 0.25) is 0 Å². The van der Waals surface area contributed by atoms with Crippen molar-refractivity contribution in [3.05, 3.63) is 30.6 Å². The molecule has 1 aromatic carbocycles. The highest BCUT2D eigenvalue weighted by Gasteiger charge is 2.21. The Morgan fingerprint density at radius 2 is 1.86 bits per heavy atom. The lowest BCUT2D eigenvalue weighted by atomic mass is 9.95. The predicted octanol–water partition coefficient (Wildman–Crippen LogP) is -0.0924. The molecule has 5 heteroatoms. The highest BCUT2D eigenvalue weighted by atomic mass is 35.5. The van der Waals surface area contributed by atoms with E-state index in [1.807, 2.05) is 18.2 Å². The van der Waals surface area contributed by atoms with Gasteiger partial charge in [0, 0.05) is 5.39 Å². The topological polar surface area (TPSA) is 55.5 Å². The van der Waals surface area contributed by atoms with Gasteiger partial charge in [0.05, 0.1) is 6.04 Å². The van der Waals surface area contributed by atoms with E-state index in [4.69, 9.17) is 4.42 Å². The van der Waals surface area contributed by atoms with Crippen LogP contribution in [0.3, 0.4) is 0 Å². The first kappa shape index (κ1) is 14.3. The Balaban J connectivity index is 0.00000132. The molecule has 4 rings (SSSR count). The second kappa shape index (κ2) is 6.00. The lowest BCUT2D eigenvalue weighted by molar-refractivity contribution is -0.616. The number of para-hydroxylation sites is 1. The van der Waals surface area contributed by atoms with E-state index < -0.39 is 0 Å². The van der Waals surface area contributed by atoms with E-state index in [1.165, 1.54) is 32.1 Å². The van der Waals surface area contributed by atoms with E-state index >= 15 is 0 Å². The molecule has 2 aromatic heterocycles. The fourth-order valence-electron chi connectivity index (χ4n) is 3.18. The van der Waals surface area contributed by atoms with Crippen molar-refractivity contribution in [3.63, 3.8) is 0 Å². The molecule has 0 aliphatic heterocycles. The minimum absolute atomic E-state index is 0. The quantitative estimate of drug-likeness (QED) is 0.720. The van der Waals surface area contributed by atoms with Gasteiger partial charge in [-0.25, -0.2) is 4.98 Å². The molecule has 0 saturated heterocycles. The van der Waals surface area contributed by atoms with Crippen LogP contribution in [0.1, 0.15) is 32.1 Å². The minimum atomic E-state index is 0. The minimum Gasteiger partial charge on any atom is -1.00 e. The number of benzene rings is 1. The van der Waals surface area contributed by atoms with E-state index in [0.717, 1.165) is 27.9 Å². The number of quaternary nitrogens is 1. The Morgan fingerprint density at radius 3 is 2.71 bits per heavy atom. The highest BCUT2D eigenvalue weighted by molar-refractivity contribution is 6.04. The lowest BCUT2D eigenvalue weighted by Crippen LogP contribution is -3.00. The summed E-state index contributed by atoms with van der Waals surface area (Å²) >= 11 is 0. The average molecular weight is 304 g/mol. The number of nitrogens with zero attached hydrogens (tertiary/aromatic N) is 2. The number of hydrogen-bond acceptors (Lipinski definition) is 3. The summed E-state index contributed by atoms with van der Waals surface area (Å²) < 4.78 is 5.97. The molecule has 4 nitrogen and oxygen atoms in total. The number of furan rings is 1. The summed E-state index contributed by atoms with van der Waals surface area (Å²) in [5, 5.41) is 3.36. The average Bonchev–Trinajstić information content (AvgIpc) is 2.88. The van der Waals surface area contributed by atoms with Crippen LogP contribution in [0.4, 0.5) is 5.82 Å². The van der Waals surface area contributed by atoms with Crippen LogP contribution in [0.15, 0.2) is 35.0 Å². The van der Waals surface area contributed by atoms with Gasteiger partial charge in [0.25, 0.3) is 5.82 Å². The molecule has 0 amide bonds. The number of rotatable bonds is 2. The summed E-state index contributed by atoms with van der Waals surface area (Å²) in [7, 11) is 0. The zero-order valence-corrected chi connectivity index (χ0v) is 12.5. The third-order valence-corrected chi connectivity index (χ3v) is 4.23. The molecule has 1 aliphatic carbocycles. The largest absolute Gasteiger partial charge is 1.00 e. The van der Waals surface area contributed by atoms with Crippen molar-refractivity contribution in [3.8, 4) is 0 Å². The maximum atomic E-state index is 5.97. The van der Waals surface area contributed by atoms with Gasteiger partial charge in [0.15, 0.2) is 0 Å². The molecule has 0 radical (unpaired) electrons. The maximum absolute atomic E-state index is 5.97. The summed E-state index contributed by atoms with van der Waals surface area (Å²) in [6, 6.07) is 8.68. The number of fused-ring (bicyclic) bond motifs is 3. The zero-order valence-electron chi connectivity index (χ0n) is 11.8. The first-order chi connectivity index (χ1) is 9.92. The standard InChI is InChI=1S/C16H17N3O.ClH/c1-2-6-11(7-3-1)19-16-15-14(17-10-18-16)12-8-4-5-9-13(12)20-15;/h4-5,8-11H,1-3,6-7H2,(H,17,18,19);1H. The van der Waals surface area contributed by atoms with Crippen molar-refractivity contribution in [1.82, 2.24) is 9.97 Å². The van der Waals surface area contributed by atoms with Crippen LogP contribution < -0.4 is 17.7 Å². The first-order valence-corrected chi connectivity index (χ1v) is 7.39. The Kier molecular flexibility index (Phi) is 4.08.